The third kappa shape index (κ3) is 5.40. The highest BCUT2D eigenvalue weighted by atomic mass is 32.2. The van der Waals surface area contributed by atoms with Crippen molar-refractivity contribution < 1.29 is 33.0 Å². The molecule has 0 bridgehead atoms. The van der Waals surface area contributed by atoms with Gasteiger partial charge in [-0.05, 0) is 18.2 Å². The standard InChI is InChI=1S/C19H24N4O7S/c1-31(29,30)23-8-6-22(7-9-23)18(19(27)28)14-11-20-15-3-2-12(10-13(14)15)21-16(24)4-5-17(25)26/h2-3,10-11,18,20H,4-9H2,1H3,(H,21,24)(H,25,26)(H,27,28)/t18-/m1/s1. The fourth-order valence-electron chi connectivity index (χ4n) is 3.67. The van der Waals surface area contributed by atoms with Crippen molar-refractivity contribution in [3.8, 4) is 0 Å². The van der Waals surface area contributed by atoms with Crippen molar-refractivity contribution in [2.75, 3.05) is 37.8 Å². The van der Waals surface area contributed by atoms with Crippen LogP contribution in [-0.4, -0.2) is 83.1 Å². The van der Waals surface area contributed by atoms with Crippen LogP contribution in [0.1, 0.15) is 24.4 Å². The zero-order valence-electron chi connectivity index (χ0n) is 16.9. The fourth-order valence-corrected chi connectivity index (χ4v) is 4.50. The Hall–Kier alpha value is -2.96. The van der Waals surface area contributed by atoms with Gasteiger partial charge in [-0.25, -0.2) is 8.42 Å². The van der Waals surface area contributed by atoms with E-state index >= 15 is 0 Å². The lowest BCUT2D eigenvalue weighted by molar-refractivity contribution is -0.144. The quantitative estimate of drug-likeness (QED) is 0.455. The number of anilines is 1. The van der Waals surface area contributed by atoms with Crippen LogP contribution in [0.15, 0.2) is 24.4 Å². The van der Waals surface area contributed by atoms with Crippen LogP contribution >= 0.6 is 0 Å². The first-order valence-corrected chi connectivity index (χ1v) is 11.5. The van der Waals surface area contributed by atoms with E-state index in [0.29, 0.717) is 22.2 Å². The maximum atomic E-state index is 12.1. The molecule has 1 fully saturated rings. The molecule has 0 aliphatic carbocycles. The topological polar surface area (TPSA) is 160 Å². The number of carbonyl (C=O) groups is 3. The Kier molecular flexibility index (Phi) is 6.62. The van der Waals surface area contributed by atoms with Crippen molar-refractivity contribution in [1.29, 1.82) is 0 Å². The van der Waals surface area contributed by atoms with Gasteiger partial charge in [-0.3, -0.25) is 19.3 Å². The van der Waals surface area contributed by atoms with Crippen LogP contribution in [0.3, 0.4) is 0 Å². The van der Waals surface area contributed by atoms with E-state index in [2.05, 4.69) is 10.3 Å². The SMILES string of the molecule is CS(=O)(=O)N1CCN([C@@H](C(=O)O)c2c[nH]c3ccc(NC(=O)CCC(=O)O)cc23)CC1. The number of hydrogen-bond donors (Lipinski definition) is 4. The minimum atomic E-state index is -3.33. The van der Waals surface area contributed by atoms with E-state index < -0.39 is 33.9 Å². The Morgan fingerprint density at radius 3 is 2.39 bits per heavy atom. The first-order chi connectivity index (χ1) is 14.6. The molecule has 1 atom stereocenters. The number of amides is 1. The second-order valence-electron chi connectivity index (χ2n) is 7.39. The summed E-state index contributed by atoms with van der Waals surface area (Å²) in [4.78, 5) is 39.4. The number of carboxylic acids is 2. The van der Waals surface area contributed by atoms with Crippen LogP contribution in [0.25, 0.3) is 10.9 Å². The van der Waals surface area contributed by atoms with Gasteiger partial charge in [-0.15, -0.1) is 0 Å². The van der Waals surface area contributed by atoms with Crippen LogP contribution in [-0.2, 0) is 24.4 Å². The molecule has 0 radical (unpaired) electrons. The van der Waals surface area contributed by atoms with Crippen LogP contribution < -0.4 is 5.32 Å². The first kappa shape index (κ1) is 22.7. The molecule has 1 aromatic heterocycles. The van der Waals surface area contributed by atoms with E-state index in [4.69, 9.17) is 5.11 Å². The molecule has 1 amide bonds. The number of H-pyrrole nitrogens is 1. The summed E-state index contributed by atoms with van der Waals surface area (Å²) in [5.41, 5.74) is 1.60. The Bertz CT molecular complexity index is 1100. The number of sulfonamides is 1. The summed E-state index contributed by atoms with van der Waals surface area (Å²) < 4.78 is 24.8. The normalized spacial score (nSPS) is 16.8. The molecular weight excluding hydrogens is 428 g/mol. The second kappa shape index (κ2) is 9.04. The molecule has 2 aromatic rings. The number of aliphatic carboxylic acids is 2. The summed E-state index contributed by atoms with van der Waals surface area (Å²) >= 11 is 0. The lowest BCUT2D eigenvalue weighted by Gasteiger charge is -2.36. The van der Waals surface area contributed by atoms with Crippen molar-refractivity contribution in [2.24, 2.45) is 0 Å². The largest absolute Gasteiger partial charge is 0.481 e. The summed E-state index contributed by atoms with van der Waals surface area (Å²) in [7, 11) is -3.33. The van der Waals surface area contributed by atoms with Gasteiger partial charge in [0, 0.05) is 61.0 Å². The second-order valence-corrected chi connectivity index (χ2v) is 9.37. The molecule has 12 heteroatoms. The molecule has 1 aliphatic rings. The number of aromatic amines is 1. The predicted molar refractivity (Wildman–Crippen MR) is 112 cm³/mol. The number of nitrogens with zero attached hydrogens (tertiary/aromatic N) is 2. The molecule has 168 valence electrons. The Morgan fingerprint density at radius 2 is 1.81 bits per heavy atom. The van der Waals surface area contributed by atoms with Crippen LogP contribution in [0.4, 0.5) is 5.69 Å². The summed E-state index contributed by atoms with van der Waals surface area (Å²) in [5.74, 6) is -2.59. The van der Waals surface area contributed by atoms with Gasteiger partial charge in [-0.2, -0.15) is 4.31 Å². The summed E-state index contributed by atoms with van der Waals surface area (Å²) in [6, 6.07) is 3.99. The number of hydrogen-bond acceptors (Lipinski definition) is 6. The molecule has 2 heterocycles. The minimum Gasteiger partial charge on any atom is -0.481 e. The zero-order chi connectivity index (χ0) is 22.8. The monoisotopic (exact) mass is 452 g/mol. The van der Waals surface area contributed by atoms with Gasteiger partial charge in [0.25, 0.3) is 0 Å². The molecule has 0 saturated carbocycles. The van der Waals surface area contributed by atoms with Crippen molar-refractivity contribution in [1.82, 2.24) is 14.2 Å². The molecule has 11 nitrogen and oxygen atoms in total. The first-order valence-electron chi connectivity index (χ1n) is 9.61. The number of rotatable bonds is 8. The molecular formula is C19H24N4O7S. The molecule has 1 aromatic carbocycles. The van der Waals surface area contributed by atoms with E-state index in [1.54, 1.807) is 29.3 Å². The lowest BCUT2D eigenvalue weighted by Crippen LogP contribution is -2.50. The number of carboxylic acid groups (broad SMARTS) is 2. The number of fused-ring (bicyclic) bond motifs is 1. The highest BCUT2D eigenvalue weighted by Gasteiger charge is 2.34. The Morgan fingerprint density at radius 1 is 1.13 bits per heavy atom. The molecule has 0 spiro atoms. The van der Waals surface area contributed by atoms with Crippen LogP contribution in [0.5, 0.6) is 0 Å². The number of aromatic nitrogens is 1. The number of carbonyl (C=O) groups excluding carboxylic acids is 1. The fraction of sp³-hybridized carbons (Fsp3) is 0.421. The number of nitrogens with one attached hydrogen (secondary N) is 2. The number of benzene rings is 1. The van der Waals surface area contributed by atoms with Gasteiger partial charge in [-0.1, -0.05) is 0 Å². The van der Waals surface area contributed by atoms with Gasteiger partial charge in [0.1, 0.15) is 6.04 Å². The highest BCUT2D eigenvalue weighted by molar-refractivity contribution is 7.88. The van der Waals surface area contributed by atoms with Crippen molar-refractivity contribution >= 4 is 44.5 Å². The van der Waals surface area contributed by atoms with E-state index in [0.717, 1.165) is 6.26 Å². The van der Waals surface area contributed by atoms with Gasteiger partial charge in [0.15, 0.2) is 0 Å². The predicted octanol–water partition coefficient (Wildman–Crippen LogP) is 0.674. The number of piperazine rings is 1. The zero-order valence-corrected chi connectivity index (χ0v) is 17.7. The molecule has 4 N–H and O–H groups in total. The van der Waals surface area contributed by atoms with Crippen LogP contribution in [0.2, 0.25) is 0 Å². The maximum Gasteiger partial charge on any atom is 0.325 e. The molecule has 1 aliphatic heterocycles. The third-order valence-corrected chi connectivity index (χ3v) is 6.50. The average molecular weight is 452 g/mol. The summed E-state index contributed by atoms with van der Waals surface area (Å²) in [5, 5.41) is 21.8. The maximum absolute atomic E-state index is 12.1. The highest BCUT2D eigenvalue weighted by Crippen LogP contribution is 2.31. The van der Waals surface area contributed by atoms with Gasteiger partial charge in [0.05, 0.1) is 12.7 Å². The van der Waals surface area contributed by atoms with Crippen molar-refractivity contribution in [2.45, 2.75) is 18.9 Å². The molecule has 0 unspecified atom stereocenters. The summed E-state index contributed by atoms with van der Waals surface area (Å²) in [6.45, 7) is 0.941. The lowest BCUT2D eigenvalue weighted by atomic mass is 10.0. The third-order valence-electron chi connectivity index (χ3n) is 5.20. The van der Waals surface area contributed by atoms with E-state index in [-0.39, 0.29) is 39.0 Å². The van der Waals surface area contributed by atoms with Crippen molar-refractivity contribution in [3.05, 3.63) is 30.0 Å². The smallest absolute Gasteiger partial charge is 0.325 e. The van der Waals surface area contributed by atoms with E-state index in [1.807, 2.05) is 0 Å². The molecule has 3 rings (SSSR count). The average Bonchev–Trinajstić information content (AvgIpc) is 3.09. The van der Waals surface area contributed by atoms with E-state index in [9.17, 15) is 27.9 Å². The van der Waals surface area contributed by atoms with Crippen LogP contribution in [0, 0.1) is 0 Å². The Labute approximate surface area is 178 Å². The van der Waals surface area contributed by atoms with Gasteiger partial charge >= 0.3 is 11.9 Å². The minimum absolute atomic E-state index is 0.171. The van der Waals surface area contributed by atoms with Crippen molar-refractivity contribution in [3.63, 3.8) is 0 Å². The molecule has 1 saturated heterocycles. The molecule has 31 heavy (non-hydrogen) atoms. The Balaban J connectivity index is 1.83. The van der Waals surface area contributed by atoms with Gasteiger partial charge < -0.3 is 20.5 Å². The van der Waals surface area contributed by atoms with E-state index in [1.165, 1.54) is 4.31 Å². The summed E-state index contributed by atoms with van der Waals surface area (Å²) in [6.07, 6.45) is 2.27. The van der Waals surface area contributed by atoms with Gasteiger partial charge in [0.2, 0.25) is 15.9 Å².